The summed E-state index contributed by atoms with van der Waals surface area (Å²) in [5.41, 5.74) is 2.27. The van der Waals surface area contributed by atoms with Crippen LogP contribution in [0.3, 0.4) is 0 Å². The van der Waals surface area contributed by atoms with Crippen molar-refractivity contribution in [3.05, 3.63) is 51.4 Å². The van der Waals surface area contributed by atoms with Crippen LogP contribution in [0.15, 0.2) is 24.5 Å². The number of aliphatic hydroxyl groups is 1. The summed E-state index contributed by atoms with van der Waals surface area (Å²) >= 11 is 12.5. The first-order valence-electron chi connectivity index (χ1n) is 12.7. The minimum Gasteiger partial charge on any atom is -0.393 e. The van der Waals surface area contributed by atoms with Crippen molar-refractivity contribution in [2.75, 3.05) is 50.7 Å². The lowest BCUT2D eigenvalue weighted by molar-refractivity contribution is -0.133. The molecule has 3 heterocycles. The van der Waals surface area contributed by atoms with E-state index in [0.29, 0.717) is 67.7 Å². The molecular formula is C26H32Cl2FN5O2. The normalized spacial score (nSPS) is 24.1. The van der Waals surface area contributed by atoms with Gasteiger partial charge in [0.25, 0.3) is 0 Å². The number of aromatic nitrogens is 2. The van der Waals surface area contributed by atoms with Gasteiger partial charge in [0, 0.05) is 51.4 Å². The van der Waals surface area contributed by atoms with Crippen molar-refractivity contribution in [2.24, 2.45) is 0 Å². The molecule has 1 N–H and O–H groups in total. The summed E-state index contributed by atoms with van der Waals surface area (Å²) in [5, 5.41) is 10.8. The number of hydrogen-bond acceptors (Lipinski definition) is 6. The van der Waals surface area contributed by atoms with Crippen LogP contribution in [0.5, 0.6) is 0 Å². The fourth-order valence-corrected chi connectivity index (χ4v) is 5.99. The Morgan fingerprint density at radius 3 is 2.53 bits per heavy atom. The summed E-state index contributed by atoms with van der Waals surface area (Å²) in [4.78, 5) is 28.8. The van der Waals surface area contributed by atoms with E-state index in [1.165, 1.54) is 6.33 Å². The fraction of sp³-hybridized carbons (Fsp3) is 0.577. The number of piperazine rings is 1. The molecule has 36 heavy (non-hydrogen) atoms. The Bertz CT molecular complexity index is 1110. The molecule has 0 unspecified atom stereocenters. The van der Waals surface area contributed by atoms with Crippen LogP contribution in [0.1, 0.15) is 61.0 Å². The van der Waals surface area contributed by atoms with E-state index in [0.717, 1.165) is 30.0 Å². The van der Waals surface area contributed by atoms with Crippen LogP contribution in [-0.2, 0) is 4.79 Å². The number of aliphatic hydroxyl groups excluding tert-OH is 1. The lowest BCUT2D eigenvalue weighted by Gasteiger charge is -2.39. The highest BCUT2D eigenvalue weighted by Crippen LogP contribution is 2.44. The topological polar surface area (TPSA) is 72.8 Å². The second kappa shape index (κ2) is 10.8. The van der Waals surface area contributed by atoms with Crippen LogP contribution in [0.4, 0.5) is 10.2 Å². The maximum absolute atomic E-state index is 14.4. The maximum Gasteiger partial charge on any atom is 0.231 e. The zero-order valence-corrected chi connectivity index (χ0v) is 21.9. The molecule has 2 aliphatic heterocycles. The number of halogens is 3. The third-order valence-electron chi connectivity index (χ3n) is 7.78. The Labute approximate surface area is 221 Å². The van der Waals surface area contributed by atoms with Gasteiger partial charge in [0.15, 0.2) is 0 Å². The molecule has 1 amide bonds. The molecule has 10 heteroatoms. The second-order valence-corrected chi connectivity index (χ2v) is 11.0. The molecule has 0 spiro atoms. The minimum atomic E-state index is -1.04. The number of carbonyl (C=O) groups is 1. The van der Waals surface area contributed by atoms with Gasteiger partial charge in [-0.3, -0.25) is 4.79 Å². The average Bonchev–Trinajstić information content (AvgIpc) is 3.18. The van der Waals surface area contributed by atoms with Crippen molar-refractivity contribution < 1.29 is 14.3 Å². The molecule has 0 bridgehead atoms. The molecular weight excluding hydrogens is 504 g/mol. The number of amides is 1. The minimum absolute atomic E-state index is 0.0595. The molecule has 2 fully saturated rings. The van der Waals surface area contributed by atoms with E-state index < -0.39 is 6.17 Å². The smallest absolute Gasteiger partial charge is 0.231 e. The van der Waals surface area contributed by atoms with Gasteiger partial charge in [0.1, 0.15) is 18.3 Å². The highest BCUT2D eigenvalue weighted by Gasteiger charge is 2.36. The van der Waals surface area contributed by atoms with Gasteiger partial charge in [-0.1, -0.05) is 36.2 Å². The zero-order valence-electron chi connectivity index (χ0n) is 20.4. The second-order valence-electron chi connectivity index (χ2n) is 10.2. The molecule has 1 aromatic carbocycles. The first kappa shape index (κ1) is 25.6. The molecule has 1 aliphatic carbocycles. The Morgan fingerprint density at radius 2 is 1.83 bits per heavy atom. The van der Waals surface area contributed by atoms with Gasteiger partial charge in [-0.15, -0.1) is 0 Å². The number of carbonyl (C=O) groups excluding carboxylic acids is 1. The molecule has 5 rings (SSSR count). The van der Waals surface area contributed by atoms with Crippen molar-refractivity contribution in [2.45, 2.75) is 50.3 Å². The van der Waals surface area contributed by atoms with Gasteiger partial charge < -0.3 is 19.8 Å². The predicted molar refractivity (Wildman–Crippen MR) is 139 cm³/mol. The van der Waals surface area contributed by atoms with Gasteiger partial charge in [-0.2, -0.15) is 0 Å². The van der Waals surface area contributed by atoms with Crippen LogP contribution in [0.25, 0.3) is 0 Å². The average molecular weight is 536 g/mol. The number of fused-ring (bicyclic) bond motifs is 1. The monoisotopic (exact) mass is 535 g/mol. The van der Waals surface area contributed by atoms with E-state index in [9.17, 15) is 14.3 Å². The van der Waals surface area contributed by atoms with E-state index in [1.54, 1.807) is 12.1 Å². The predicted octanol–water partition coefficient (Wildman–Crippen LogP) is 4.19. The Kier molecular flexibility index (Phi) is 7.67. The van der Waals surface area contributed by atoms with Crippen molar-refractivity contribution in [3.63, 3.8) is 0 Å². The Morgan fingerprint density at radius 1 is 1.11 bits per heavy atom. The molecule has 0 radical (unpaired) electrons. The van der Waals surface area contributed by atoms with Gasteiger partial charge in [-0.05, 0) is 42.9 Å². The van der Waals surface area contributed by atoms with Crippen LogP contribution in [0, 0.1) is 0 Å². The summed E-state index contributed by atoms with van der Waals surface area (Å²) in [6.07, 6.45) is 2.00. The van der Waals surface area contributed by atoms with E-state index in [4.69, 9.17) is 23.2 Å². The summed E-state index contributed by atoms with van der Waals surface area (Å²) in [6, 6.07) is 5.41. The molecule has 2 saturated heterocycles. The number of piperidine rings is 1. The fourth-order valence-electron chi connectivity index (χ4n) is 5.69. The number of alkyl halides is 1. The number of anilines is 1. The molecule has 1 aromatic heterocycles. The highest BCUT2D eigenvalue weighted by atomic mass is 35.5. The van der Waals surface area contributed by atoms with Crippen molar-refractivity contribution in [1.82, 2.24) is 19.8 Å². The summed E-state index contributed by atoms with van der Waals surface area (Å²) in [7, 11) is 0. The summed E-state index contributed by atoms with van der Waals surface area (Å²) in [5.74, 6) is 0.557. The third kappa shape index (κ3) is 5.19. The number of nitrogens with zero attached hydrogens (tertiary/aromatic N) is 5. The lowest BCUT2D eigenvalue weighted by Crippen LogP contribution is -2.52. The van der Waals surface area contributed by atoms with Crippen LogP contribution >= 0.6 is 23.2 Å². The number of benzene rings is 1. The summed E-state index contributed by atoms with van der Waals surface area (Å²) < 4.78 is 14.4. The van der Waals surface area contributed by atoms with Crippen molar-refractivity contribution in [1.29, 1.82) is 0 Å². The quantitative estimate of drug-likeness (QED) is 0.618. The number of rotatable bonds is 5. The van der Waals surface area contributed by atoms with Crippen molar-refractivity contribution in [3.8, 4) is 0 Å². The SMILES string of the molecule is C[C@@H]1C[C@@H](F)c2ncnc(N3CCN(C(=O)[C@@H](CN4CCC(O)CC4)c4ccc(Cl)c(Cl)c4)CC3)c21. The first-order chi connectivity index (χ1) is 17.3. The molecule has 3 aliphatic rings. The maximum atomic E-state index is 14.4. The highest BCUT2D eigenvalue weighted by molar-refractivity contribution is 6.42. The number of likely N-dealkylation sites (tertiary alicyclic amines) is 1. The summed E-state index contributed by atoms with van der Waals surface area (Å²) in [6.45, 7) is 6.47. The molecule has 7 nitrogen and oxygen atoms in total. The van der Waals surface area contributed by atoms with Crippen LogP contribution in [0.2, 0.25) is 10.0 Å². The van der Waals surface area contributed by atoms with Crippen LogP contribution in [-0.4, -0.2) is 82.7 Å². The van der Waals surface area contributed by atoms with E-state index in [2.05, 4.69) is 19.8 Å². The standard InChI is InChI=1S/C26H32Cl2FN5O2/c1-16-12-22(29)24-23(16)25(31-15-30-24)33-8-10-34(11-9-33)26(36)19(14-32-6-4-18(35)5-7-32)17-2-3-20(27)21(28)13-17/h2-3,13,15-16,18-19,22,35H,4-12,14H2,1H3/t16-,19+,22-/m1/s1. The zero-order chi connectivity index (χ0) is 25.4. The lowest BCUT2D eigenvalue weighted by atomic mass is 9.95. The van der Waals surface area contributed by atoms with Gasteiger partial charge >= 0.3 is 0 Å². The van der Waals surface area contributed by atoms with Crippen LogP contribution < -0.4 is 4.90 Å². The van der Waals surface area contributed by atoms with E-state index in [1.807, 2.05) is 17.9 Å². The molecule has 2 aromatic rings. The molecule has 194 valence electrons. The van der Waals surface area contributed by atoms with E-state index in [-0.39, 0.29) is 23.8 Å². The van der Waals surface area contributed by atoms with Gasteiger partial charge in [-0.25, -0.2) is 14.4 Å². The molecule has 0 saturated carbocycles. The first-order valence-corrected chi connectivity index (χ1v) is 13.5. The van der Waals surface area contributed by atoms with Gasteiger partial charge in [0.05, 0.1) is 27.8 Å². The van der Waals surface area contributed by atoms with E-state index >= 15 is 0 Å². The van der Waals surface area contributed by atoms with Gasteiger partial charge in [0.2, 0.25) is 5.91 Å². The Balaban J connectivity index is 1.31. The Hall–Kier alpha value is -2.00. The largest absolute Gasteiger partial charge is 0.393 e. The third-order valence-corrected chi connectivity index (χ3v) is 8.52. The number of hydrogen-bond donors (Lipinski definition) is 1. The van der Waals surface area contributed by atoms with Crippen molar-refractivity contribution >= 4 is 34.9 Å². The molecule has 3 atom stereocenters.